The van der Waals surface area contributed by atoms with Crippen LogP contribution >= 0.6 is 0 Å². The SMILES string of the molecule is NC[C@@H]1CN(C(=O)c2cn(Cc3ccccn3)nn2)C[C@H]1c1ccccc1. The molecular weight excluding hydrogens is 340 g/mol. The zero-order valence-corrected chi connectivity index (χ0v) is 15.0. The fourth-order valence-corrected chi connectivity index (χ4v) is 3.65. The maximum atomic E-state index is 12.9. The van der Waals surface area contributed by atoms with Crippen molar-refractivity contribution in [1.29, 1.82) is 0 Å². The van der Waals surface area contributed by atoms with Crippen molar-refractivity contribution in [3.8, 4) is 0 Å². The van der Waals surface area contributed by atoms with Crippen molar-refractivity contribution in [2.75, 3.05) is 19.6 Å². The number of nitrogens with two attached hydrogens (primary N) is 1. The van der Waals surface area contributed by atoms with Gasteiger partial charge in [-0.2, -0.15) is 0 Å². The van der Waals surface area contributed by atoms with E-state index in [1.165, 1.54) is 5.56 Å². The number of carbonyl (C=O) groups excluding carboxylic acids is 1. The predicted octanol–water partition coefficient (Wildman–Crippen LogP) is 1.54. The van der Waals surface area contributed by atoms with Gasteiger partial charge < -0.3 is 10.6 Å². The molecule has 3 aromatic rings. The van der Waals surface area contributed by atoms with E-state index in [0.717, 1.165) is 5.69 Å². The van der Waals surface area contributed by atoms with Crippen LogP contribution in [0.2, 0.25) is 0 Å². The molecule has 2 atom stereocenters. The van der Waals surface area contributed by atoms with Crippen molar-refractivity contribution in [3.05, 3.63) is 77.9 Å². The molecule has 1 aliphatic heterocycles. The third-order valence-corrected chi connectivity index (χ3v) is 5.07. The van der Waals surface area contributed by atoms with Crippen LogP contribution < -0.4 is 5.73 Å². The lowest BCUT2D eigenvalue weighted by Gasteiger charge is -2.16. The van der Waals surface area contributed by atoms with Crippen molar-refractivity contribution in [2.24, 2.45) is 11.7 Å². The highest BCUT2D eigenvalue weighted by Crippen LogP contribution is 2.32. The van der Waals surface area contributed by atoms with Gasteiger partial charge in [-0.3, -0.25) is 9.78 Å². The van der Waals surface area contributed by atoms with Gasteiger partial charge in [0.25, 0.3) is 5.91 Å². The minimum atomic E-state index is -0.0980. The Kier molecular flexibility index (Phi) is 4.93. The standard InChI is InChI=1S/C20H22N6O/c21-10-16-11-25(13-18(16)15-6-2-1-3-7-15)20(27)19-14-26(24-23-19)12-17-8-4-5-9-22-17/h1-9,14,16,18H,10-13,21H2/t16-,18+/m1/s1. The quantitative estimate of drug-likeness (QED) is 0.743. The fourth-order valence-electron chi connectivity index (χ4n) is 3.65. The topological polar surface area (TPSA) is 89.9 Å². The highest BCUT2D eigenvalue weighted by Gasteiger charge is 2.36. The minimum absolute atomic E-state index is 0.0980. The Morgan fingerprint density at radius 1 is 1.11 bits per heavy atom. The van der Waals surface area contributed by atoms with Crippen molar-refractivity contribution in [3.63, 3.8) is 0 Å². The van der Waals surface area contributed by atoms with E-state index in [9.17, 15) is 4.79 Å². The summed E-state index contributed by atoms with van der Waals surface area (Å²) in [6, 6.07) is 16.0. The van der Waals surface area contributed by atoms with Crippen LogP contribution in [0.5, 0.6) is 0 Å². The van der Waals surface area contributed by atoms with Crippen molar-refractivity contribution in [1.82, 2.24) is 24.9 Å². The molecule has 3 heterocycles. The molecular formula is C20H22N6O. The number of likely N-dealkylation sites (tertiary alicyclic amines) is 1. The first-order valence-electron chi connectivity index (χ1n) is 9.09. The number of amides is 1. The molecule has 138 valence electrons. The second-order valence-electron chi connectivity index (χ2n) is 6.85. The van der Waals surface area contributed by atoms with Crippen LogP contribution in [0.25, 0.3) is 0 Å². The largest absolute Gasteiger partial charge is 0.336 e. The summed E-state index contributed by atoms with van der Waals surface area (Å²) in [5, 5.41) is 8.14. The fraction of sp³-hybridized carbons (Fsp3) is 0.300. The Balaban J connectivity index is 1.47. The van der Waals surface area contributed by atoms with E-state index in [2.05, 4.69) is 27.4 Å². The van der Waals surface area contributed by atoms with E-state index in [4.69, 9.17) is 5.73 Å². The van der Waals surface area contributed by atoms with Gasteiger partial charge in [-0.15, -0.1) is 5.10 Å². The van der Waals surface area contributed by atoms with Crippen LogP contribution in [-0.4, -0.2) is 50.4 Å². The summed E-state index contributed by atoms with van der Waals surface area (Å²) >= 11 is 0. The molecule has 0 bridgehead atoms. The molecule has 0 unspecified atom stereocenters. The van der Waals surface area contributed by atoms with Gasteiger partial charge in [0.05, 0.1) is 18.4 Å². The predicted molar refractivity (Wildman–Crippen MR) is 101 cm³/mol. The lowest BCUT2D eigenvalue weighted by atomic mass is 9.89. The Bertz CT molecular complexity index is 895. The molecule has 1 aromatic carbocycles. The summed E-state index contributed by atoms with van der Waals surface area (Å²) in [7, 11) is 0. The lowest BCUT2D eigenvalue weighted by Crippen LogP contribution is -2.30. The molecule has 2 N–H and O–H groups in total. The number of benzene rings is 1. The third kappa shape index (κ3) is 3.73. The summed E-state index contributed by atoms with van der Waals surface area (Å²) in [5.74, 6) is 0.405. The Morgan fingerprint density at radius 2 is 1.93 bits per heavy atom. The number of hydrogen-bond donors (Lipinski definition) is 1. The summed E-state index contributed by atoms with van der Waals surface area (Å²) in [4.78, 5) is 19.0. The smallest absolute Gasteiger partial charge is 0.276 e. The average molecular weight is 362 g/mol. The Morgan fingerprint density at radius 3 is 2.67 bits per heavy atom. The number of nitrogens with zero attached hydrogens (tertiary/aromatic N) is 5. The Labute approximate surface area is 157 Å². The highest BCUT2D eigenvalue weighted by molar-refractivity contribution is 5.92. The Hall–Kier alpha value is -3.06. The molecule has 27 heavy (non-hydrogen) atoms. The van der Waals surface area contributed by atoms with Gasteiger partial charge in [-0.05, 0) is 30.2 Å². The van der Waals surface area contributed by atoms with E-state index in [1.54, 1.807) is 17.1 Å². The maximum Gasteiger partial charge on any atom is 0.276 e. The van der Waals surface area contributed by atoms with E-state index in [0.29, 0.717) is 31.9 Å². The molecule has 0 radical (unpaired) electrons. The molecule has 1 fully saturated rings. The number of carbonyl (C=O) groups is 1. The monoisotopic (exact) mass is 362 g/mol. The average Bonchev–Trinajstić information content (AvgIpc) is 3.36. The molecule has 7 nitrogen and oxygen atoms in total. The summed E-state index contributed by atoms with van der Waals surface area (Å²) < 4.78 is 1.64. The minimum Gasteiger partial charge on any atom is -0.336 e. The zero-order valence-electron chi connectivity index (χ0n) is 15.0. The van der Waals surface area contributed by atoms with Crippen LogP contribution in [0, 0.1) is 5.92 Å². The van der Waals surface area contributed by atoms with Gasteiger partial charge >= 0.3 is 0 Å². The first-order chi connectivity index (χ1) is 13.2. The van der Waals surface area contributed by atoms with Crippen molar-refractivity contribution >= 4 is 5.91 Å². The normalized spacial score (nSPS) is 19.4. The van der Waals surface area contributed by atoms with Gasteiger partial charge in [-0.1, -0.05) is 41.6 Å². The van der Waals surface area contributed by atoms with Gasteiger partial charge in [-0.25, -0.2) is 4.68 Å². The van der Waals surface area contributed by atoms with Crippen molar-refractivity contribution < 1.29 is 4.79 Å². The van der Waals surface area contributed by atoms with Crippen LogP contribution in [0.4, 0.5) is 0 Å². The van der Waals surface area contributed by atoms with Crippen LogP contribution in [0.15, 0.2) is 60.9 Å². The number of aromatic nitrogens is 4. The van der Waals surface area contributed by atoms with Gasteiger partial charge in [0, 0.05) is 25.2 Å². The van der Waals surface area contributed by atoms with Crippen LogP contribution in [-0.2, 0) is 6.54 Å². The van der Waals surface area contributed by atoms with E-state index in [1.807, 2.05) is 41.3 Å². The van der Waals surface area contributed by atoms with Gasteiger partial charge in [0.2, 0.25) is 0 Å². The lowest BCUT2D eigenvalue weighted by molar-refractivity contribution is 0.0780. The van der Waals surface area contributed by atoms with Gasteiger partial charge in [0.15, 0.2) is 5.69 Å². The first-order valence-corrected chi connectivity index (χ1v) is 9.09. The van der Waals surface area contributed by atoms with Gasteiger partial charge in [0.1, 0.15) is 0 Å². The third-order valence-electron chi connectivity index (χ3n) is 5.07. The molecule has 7 heteroatoms. The zero-order chi connectivity index (χ0) is 18.6. The molecule has 1 saturated heterocycles. The summed E-state index contributed by atoms with van der Waals surface area (Å²) in [5.41, 5.74) is 8.43. The van der Waals surface area contributed by atoms with E-state index < -0.39 is 0 Å². The van der Waals surface area contributed by atoms with Crippen LogP contribution in [0.3, 0.4) is 0 Å². The molecule has 4 rings (SSSR count). The number of rotatable bonds is 5. The maximum absolute atomic E-state index is 12.9. The van der Waals surface area contributed by atoms with E-state index >= 15 is 0 Å². The molecule has 1 amide bonds. The molecule has 0 saturated carbocycles. The molecule has 0 spiro atoms. The first kappa shape index (κ1) is 17.4. The van der Waals surface area contributed by atoms with Crippen LogP contribution in [0.1, 0.15) is 27.7 Å². The molecule has 0 aliphatic carbocycles. The number of pyridine rings is 1. The number of hydrogen-bond acceptors (Lipinski definition) is 5. The highest BCUT2D eigenvalue weighted by atomic mass is 16.2. The second kappa shape index (κ2) is 7.67. The summed E-state index contributed by atoms with van der Waals surface area (Å²) in [6.45, 7) is 2.33. The second-order valence-corrected chi connectivity index (χ2v) is 6.85. The van der Waals surface area contributed by atoms with Crippen molar-refractivity contribution in [2.45, 2.75) is 12.5 Å². The molecule has 2 aromatic heterocycles. The van der Waals surface area contributed by atoms with E-state index in [-0.39, 0.29) is 17.7 Å². The molecule has 1 aliphatic rings. The summed E-state index contributed by atoms with van der Waals surface area (Å²) in [6.07, 6.45) is 3.42.